The van der Waals surface area contributed by atoms with Crippen molar-refractivity contribution < 1.29 is 9.53 Å². The Morgan fingerprint density at radius 1 is 1.35 bits per heavy atom. The summed E-state index contributed by atoms with van der Waals surface area (Å²) in [6, 6.07) is 7.27. The van der Waals surface area contributed by atoms with Crippen molar-refractivity contribution in [2.24, 2.45) is 5.73 Å². The molecule has 0 atom stereocenters. The van der Waals surface area contributed by atoms with Gasteiger partial charge in [0.2, 0.25) is 5.91 Å². The van der Waals surface area contributed by atoms with Gasteiger partial charge in [0.1, 0.15) is 12.4 Å². The van der Waals surface area contributed by atoms with E-state index in [2.05, 4.69) is 0 Å². The zero-order valence-electron chi connectivity index (χ0n) is 12.4. The number of carbonyl (C=O) groups is 1. The summed E-state index contributed by atoms with van der Waals surface area (Å²) < 4.78 is 5.57. The van der Waals surface area contributed by atoms with E-state index in [9.17, 15) is 4.79 Å². The minimum absolute atomic E-state index is 0.0507. The first-order valence-corrected chi connectivity index (χ1v) is 7.24. The molecular weight excluding hydrogens is 276 g/mol. The number of amides is 1. The lowest BCUT2D eigenvalue weighted by Crippen LogP contribution is -2.54. The zero-order chi connectivity index (χ0) is 15.2. The van der Waals surface area contributed by atoms with E-state index in [-0.39, 0.29) is 5.91 Å². The average molecular weight is 299 g/mol. The number of benzene rings is 1. The second kappa shape index (κ2) is 7.50. The van der Waals surface area contributed by atoms with Gasteiger partial charge in [0.15, 0.2) is 0 Å². The van der Waals surface area contributed by atoms with Crippen molar-refractivity contribution in [1.29, 1.82) is 0 Å². The number of para-hydroxylation sites is 1. The number of hydrogen-bond donors (Lipinski definition) is 1. The van der Waals surface area contributed by atoms with E-state index in [0.717, 1.165) is 0 Å². The Morgan fingerprint density at radius 2 is 1.95 bits per heavy atom. The van der Waals surface area contributed by atoms with E-state index in [4.69, 9.17) is 22.1 Å². The third kappa shape index (κ3) is 4.12. The minimum Gasteiger partial charge on any atom is -0.490 e. The summed E-state index contributed by atoms with van der Waals surface area (Å²) in [4.78, 5) is 13.9. The molecular formula is C15H23ClN2O2. The fourth-order valence-electron chi connectivity index (χ4n) is 1.89. The van der Waals surface area contributed by atoms with Crippen LogP contribution in [0.2, 0.25) is 5.02 Å². The van der Waals surface area contributed by atoms with Crippen LogP contribution in [0.4, 0.5) is 0 Å². The van der Waals surface area contributed by atoms with Crippen LogP contribution in [-0.2, 0) is 4.79 Å². The molecule has 1 amide bonds. The van der Waals surface area contributed by atoms with Crippen molar-refractivity contribution in [3.8, 4) is 5.75 Å². The van der Waals surface area contributed by atoms with Crippen LogP contribution in [-0.4, -0.2) is 36.5 Å². The van der Waals surface area contributed by atoms with Gasteiger partial charge in [-0.1, -0.05) is 37.6 Å². The number of halogens is 1. The van der Waals surface area contributed by atoms with Crippen molar-refractivity contribution in [2.45, 2.75) is 32.2 Å². The van der Waals surface area contributed by atoms with Crippen molar-refractivity contribution in [1.82, 2.24) is 4.90 Å². The van der Waals surface area contributed by atoms with Crippen LogP contribution in [0.3, 0.4) is 0 Å². The zero-order valence-corrected chi connectivity index (χ0v) is 13.1. The van der Waals surface area contributed by atoms with Gasteiger partial charge in [0.05, 0.1) is 17.1 Å². The molecule has 0 spiro atoms. The summed E-state index contributed by atoms with van der Waals surface area (Å²) in [7, 11) is 1.74. The smallest absolute Gasteiger partial charge is 0.242 e. The van der Waals surface area contributed by atoms with Gasteiger partial charge in [-0.25, -0.2) is 0 Å². The topological polar surface area (TPSA) is 55.6 Å². The molecule has 2 N–H and O–H groups in total. The highest BCUT2D eigenvalue weighted by molar-refractivity contribution is 6.32. The van der Waals surface area contributed by atoms with Gasteiger partial charge in [0, 0.05) is 7.05 Å². The van der Waals surface area contributed by atoms with Crippen LogP contribution in [0.25, 0.3) is 0 Å². The predicted octanol–water partition coefficient (Wildman–Crippen LogP) is 2.69. The number of carbonyl (C=O) groups excluding carboxylic acids is 1. The lowest BCUT2D eigenvalue weighted by molar-refractivity contribution is -0.136. The molecule has 0 saturated heterocycles. The number of rotatable bonds is 7. The molecule has 0 heterocycles. The van der Waals surface area contributed by atoms with E-state index < -0.39 is 5.54 Å². The third-order valence-corrected chi connectivity index (χ3v) is 3.87. The van der Waals surface area contributed by atoms with Gasteiger partial charge in [-0.3, -0.25) is 4.79 Å². The summed E-state index contributed by atoms with van der Waals surface area (Å²) in [5.74, 6) is 0.574. The molecule has 0 aliphatic rings. The maximum Gasteiger partial charge on any atom is 0.242 e. The lowest BCUT2D eigenvalue weighted by atomic mass is 9.92. The first-order valence-electron chi connectivity index (χ1n) is 6.86. The van der Waals surface area contributed by atoms with Gasteiger partial charge in [-0.15, -0.1) is 0 Å². The number of nitrogens with two attached hydrogens (primary N) is 1. The first kappa shape index (κ1) is 16.8. The average Bonchev–Trinajstić information content (AvgIpc) is 2.47. The summed E-state index contributed by atoms with van der Waals surface area (Å²) >= 11 is 5.99. The Hall–Kier alpha value is -1.26. The quantitative estimate of drug-likeness (QED) is 0.842. The van der Waals surface area contributed by atoms with E-state index >= 15 is 0 Å². The first-order chi connectivity index (χ1) is 9.44. The second-order valence-electron chi connectivity index (χ2n) is 4.87. The number of likely N-dealkylation sites (N-methyl/N-ethyl adjacent to an activating group) is 1. The normalized spacial score (nSPS) is 11.2. The van der Waals surface area contributed by atoms with Crippen LogP contribution >= 0.6 is 11.6 Å². The maximum absolute atomic E-state index is 12.3. The SMILES string of the molecule is CCC(N)(CC)C(=O)N(C)CCOc1ccccc1Cl. The molecule has 4 nitrogen and oxygen atoms in total. The van der Waals surface area contributed by atoms with E-state index in [0.29, 0.717) is 36.8 Å². The molecule has 5 heteroatoms. The second-order valence-corrected chi connectivity index (χ2v) is 5.28. The molecule has 1 aromatic rings. The van der Waals surface area contributed by atoms with Gasteiger partial charge >= 0.3 is 0 Å². The van der Waals surface area contributed by atoms with Gasteiger partial charge in [-0.05, 0) is 25.0 Å². The Morgan fingerprint density at radius 3 is 2.50 bits per heavy atom. The minimum atomic E-state index is -0.779. The fourth-order valence-corrected chi connectivity index (χ4v) is 2.08. The molecule has 1 aromatic carbocycles. The molecule has 0 aliphatic heterocycles. The standard InChI is InChI=1S/C15H23ClN2O2/c1-4-15(17,5-2)14(19)18(3)10-11-20-13-9-7-6-8-12(13)16/h6-9H,4-5,10-11,17H2,1-3H3. The molecule has 0 fully saturated rings. The Bertz CT molecular complexity index is 447. The highest BCUT2D eigenvalue weighted by atomic mass is 35.5. The number of ether oxygens (including phenoxy) is 1. The van der Waals surface area contributed by atoms with Crippen LogP contribution in [0, 0.1) is 0 Å². The van der Waals surface area contributed by atoms with E-state index in [1.807, 2.05) is 26.0 Å². The molecule has 0 aromatic heterocycles. The molecule has 1 rings (SSSR count). The van der Waals surface area contributed by atoms with Crippen molar-refractivity contribution in [3.63, 3.8) is 0 Å². The number of hydrogen-bond acceptors (Lipinski definition) is 3. The van der Waals surface area contributed by atoms with Gasteiger partial charge in [0.25, 0.3) is 0 Å². The van der Waals surface area contributed by atoms with Gasteiger partial charge in [-0.2, -0.15) is 0 Å². The highest BCUT2D eigenvalue weighted by Crippen LogP contribution is 2.23. The van der Waals surface area contributed by atoms with E-state index in [1.54, 1.807) is 24.1 Å². The Balaban J connectivity index is 2.50. The molecule has 0 radical (unpaired) electrons. The van der Waals surface area contributed by atoms with Gasteiger partial charge < -0.3 is 15.4 Å². The van der Waals surface area contributed by atoms with Crippen molar-refractivity contribution in [2.75, 3.05) is 20.2 Å². The van der Waals surface area contributed by atoms with Crippen molar-refractivity contribution >= 4 is 17.5 Å². The molecule has 0 unspecified atom stereocenters. The monoisotopic (exact) mass is 298 g/mol. The van der Waals surface area contributed by atoms with Crippen LogP contribution < -0.4 is 10.5 Å². The van der Waals surface area contributed by atoms with Crippen LogP contribution in [0.5, 0.6) is 5.75 Å². The van der Waals surface area contributed by atoms with Crippen molar-refractivity contribution in [3.05, 3.63) is 29.3 Å². The summed E-state index contributed by atoms with van der Waals surface area (Å²) in [6.45, 7) is 4.71. The predicted molar refractivity (Wildman–Crippen MR) is 82.1 cm³/mol. The van der Waals surface area contributed by atoms with Crippen LogP contribution in [0.15, 0.2) is 24.3 Å². The van der Waals surface area contributed by atoms with Crippen LogP contribution in [0.1, 0.15) is 26.7 Å². The number of nitrogens with zero attached hydrogens (tertiary/aromatic N) is 1. The molecule has 20 heavy (non-hydrogen) atoms. The molecule has 0 bridgehead atoms. The molecule has 0 saturated carbocycles. The molecule has 0 aliphatic carbocycles. The maximum atomic E-state index is 12.3. The Kier molecular flexibility index (Phi) is 6.30. The lowest BCUT2D eigenvalue weighted by Gasteiger charge is -2.30. The van der Waals surface area contributed by atoms with E-state index in [1.165, 1.54) is 0 Å². The summed E-state index contributed by atoms with van der Waals surface area (Å²) in [5, 5.41) is 0.566. The third-order valence-electron chi connectivity index (χ3n) is 3.56. The fraction of sp³-hybridized carbons (Fsp3) is 0.533. The molecule has 112 valence electrons. The largest absolute Gasteiger partial charge is 0.490 e. The summed E-state index contributed by atoms with van der Waals surface area (Å²) in [6.07, 6.45) is 1.25. The summed E-state index contributed by atoms with van der Waals surface area (Å²) in [5.41, 5.74) is 5.32. The Labute approximate surface area is 125 Å². The highest BCUT2D eigenvalue weighted by Gasteiger charge is 2.32.